The molecule has 0 spiro atoms. The van der Waals surface area contributed by atoms with Crippen molar-refractivity contribution < 1.29 is 26.4 Å². The lowest BCUT2D eigenvalue weighted by atomic mass is 9.95. The molecule has 0 bridgehead atoms. The highest BCUT2D eigenvalue weighted by Crippen LogP contribution is 2.36. The highest BCUT2D eigenvalue weighted by Gasteiger charge is 2.40. The second-order valence-corrected chi connectivity index (χ2v) is 9.96. The number of nitrogens with zero attached hydrogens (tertiary/aromatic N) is 1. The van der Waals surface area contributed by atoms with E-state index >= 15 is 0 Å². The predicted octanol–water partition coefficient (Wildman–Crippen LogP) is 4.68. The van der Waals surface area contributed by atoms with Gasteiger partial charge in [-0.05, 0) is 43.9 Å². The summed E-state index contributed by atoms with van der Waals surface area (Å²) < 4.78 is 66.7. The van der Waals surface area contributed by atoms with E-state index in [0.29, 0.717) is 6.42 Å². The number of hydrogen-bond donors (Lipinski definition) is 1. The molecule has 1 heterocycles. The molecule has 2 aromatic carbocycles. The van der Waals surface area contributed by atoms with Gasteiger partial charge in [-0.1, -0.05) is 48.9 Å². The topological polar surface area (TPSA) is 66.5 Å². The van der Waals surface area contributed by atoms with Crippen LogP contribution in [0.25, 0.3) is 0 Å². The van der Waals surface area contributed by atoms with Gasteiger partial charge in [-0.2, -0.15) is 17.5 Å². The molecule has 0 aliphatic carbocycles. The second kappa shape index (κ2) is 9.62. The van der Waals surface area contributed by atoms with Crippen LogP contribution < -0.4 is 5.32 Å². The minimum atomic E-state index is -4.77. The Morgan fingerprint density at radius 2 is 1.69 bits per heavy atom. The Hall–Kier alpha value is -2.39. The molecule has 1 saturated heterocycles. The third kappa shape index (κ3) is 5.32. The Bertz CT molecular complexity index is 1040. The van der Waals surface area contributed by atoms with Gasteiger partial charge in [0, 0.05) is 19.0 Å². The first-order valence-corrected chi connectivity index (χ1v) is 12.0. The smallest absolute Gasteiger partial charge is 0.349 e. The number of carbonyl (C=O) groups excluding carboxylic acids is 1. The highest BCUT2D eigenvalue weighted by molar-refractivity contribution is 7.89. The average molecular weight is 469 g/mol. The van der Waals surface area contributed by atoms with Crippen LogP contribution >= 0.6 is 0 Å². The first kappa shape index (κ1) is 24.3. The molecule has 0 radical (unpaired) electrons. The van der Waals surface area contributed by atoms with Gasteiger partial charge in [0.1, 0.15) is 0 Å². The monoisotopic (exact) mass is 468 g/mol. The Labute approximate surface area is 186 Å². The molecule has 1 N–H and O–H groups in total. The van der Waals surface area contributed by atoms with E-state index in [1.54, 1.807) is 0 Å². The number of halogens is 3. The van der Waals surface area contributed by atoms with E-state index in [2.05, 4.69) is 5.32 Å². The predicted molar refractivity (Wildman–Crippen MR) is 115 cm³/mol. The molecule has 1 aliphatic rings. The number of nitrogens with one attached hydrogen (secondary N) is 1. The van der Waals surface area contributed by atoms with Crippen LogP contribution in [0.4, 0.5) is 13.2 Å². The summed E-state index contributed by atoms with van der Waals surface area (Å²) >= 11 is 0. The number of piperidine rings is 1. The summed E-state index contributed by atoms with van der Waals surface area (Å²) in [5.74, 6) is -0.552. The van der Waals surface area contributed by atoms with Crippen molar-refractivity contribution in [1.29, 1.82) is 0 Å². The van der Waals surface area contributed by atoms with Crippen molar-refractivity contribution in [3.8, 4) is 0 Å². The zero-order valence-electron chi connectivity index (χ0n) is 18.0. The normalized spacial score (nSPS) is 17.2. The fraction of sp³-hybridized carbons (Fsp3) is 0.435. The molecule has 9 heteroatoms. The lowest BCUT2D eigenvalue weighted by molar-refractivity contribution is -0.139. The van der Waals surface area contributed by atoms with Crippen LogP contribution in [0.3, 0.4) is 0 Å². The first-order chi connectivity index (χ1) is 15.0. The minimum Gasteiger partial charge on any atom is -0.349 e. The number of hydrogen-bond acceptors (Lipinski definition) is 3. The molecule has 174 valence electrons. The van der Waals surface area contributed by atoms with E-state index in [0.717, 1.165) is 33.6 Å². The van der Waals surface area contributed by atoms with Gasteiger partial charge in [0.25, 0.3) is 0 Å². The zero-order chi connectivity index (χ0) is 23.5. The Balaban J connectivity index is 1.67. The minimum absolute atomic E-state index is 0.00602. The van der Waals surface area contributed by atoms with E-state index in [1.807, 2.05) is 38.1 Å². The van der Waals surface area contributed by atoms with Crippen molar-refractivity contribution in [2.75, 3.05) is 13.1 Å². The summed E-state index contributed by atoms with van der Waals surface area (Å²) in [6, 6.07) is 11.9. The Morgan fingerprint density at radius 1 is 1.09 bits per heavy atom. The largest absolute Gasteiger partial charge is 0.417 e. The molecule has 32 heavy (non-hydrogen) atoms. The van der Waals surface area contributed by atoms with E-state index in [9.17, 15) is 26.4 Å². The molecule has 3 rings (SSSR count). The maximum absolute atomic E-state index is 13.3. The molecule has 0 aromatic heterocycles. The Morgan fingerprint density at radius 3 is 2.25 bits per heavy atom. The summed E-state index contributed by atoms with van der Waals surface area (Å²) in [4.78, 5) is 12.0. The first-order valence-electron chi connectivity index (χ1n) is 10.6. The maximum atomic E-state index is 13.3. The van der Waals surface area contributed by atoms with Gasteiger partial charge in [-0.25, -0.2) is 8.42 Å². The standard InChI is InChI=1S/C23H27F3N2O3S/c1-3-20(17-10-8-16(2)9-11-17)27-22(29)18-12-14-28(15-13-18)32(30,31)21-7-5-4-6-19(21)23(24,25)26/h4-11,18,20H,3,12-15H2,1-2H3,(H,27,29). The van der Waals surface area contributed by atoms with Crippen molar-refractivity contribution in [2.45, 2.75) is 50.2 Å². The molecular weight excluding hydrogens is 441 g/mol. The lowest BCUT2D eigenvalue weighted by Gasteiger charge is -2.32. The number of benzene rings is 2. The SMILES string of the molecule is CCC(NC(=O)C1CCN(S(=O)(=O)c2ccccc2C(F)(F)F)CC1)c1ccc(C)cc1. The maximum Gasteiger partial charge on any atom is 0.417 e. The van der Waals surface area contributed by atoms with Crippen LogP contribution in [-0.2, 0) is 21.0 Å². The Kier molecular flexibility index (Phi) is 7.29. The molecular formula is C23H27F3N2O3S. The molecule has 1 unspecified atom stereocenters. The summed E-state index contributed by atoms with van der Waals surface area (Å²) in [6.07, 6.45) is -3.56. The van der Waals surface area contributed by atoms with Gasteiger partial charge < -0.3 is 5.32 Å². The van der Waals surface area contributed by atoms with E-state index in [-0.39, 0.29) is 43.8 Å². The van der Waals surface area contributed by atoms with Crippen molar-refractivity contribution in [3.63, 3.8) is 0 Å². The van der Waals surface area contributed by atoms with E-state index in [4.69, 9.17) is 0 Å². The molecule has 1 atom stereocenters. The van der Waals surface area contributed by atoms with Gasteiger partial charge >= 0.3 is 6.18 Å². The van der Waals surface area contributed by atoms with E-state index < -0.39 is 26.7 Å². The lowest BCUT2D eigenvalue weighted by Crippen LogP contribution is -2.44. The van der Waals surface area contributed by atoms with Gasteiger partial charge in [-0.3, -0.25) is 4.79 Å². The van der Waals surface area contributed by atoms with Crippen molar-refractivity contribution in [2.24, 2.45) is 5.92 Å². The molecule has 1 aliphatic heterocycles. The fourth-order valence-corrected chi connectivity index (χ4v) is 5.61. The molecule has 2 aromatic rings. The number of carbonyl (C=O) groups is 1. The van der Waals surface area contributed by atoms with Gasteiger partial charge in [0.05, 0.1) is 16.5 Å². The number of sulfonamides is 1. The average Bonchev–Trinajstić information content (AvgIpc) is 2.77. The number of rotatable bonds is 6. The van der Waals surface area contributed by atoms with E-state index in [1.165, 1.54) is 6.07 Å². The van der Waals surface area contributed by atoms with Gasteiger partial charge in [0.2, 0.25) is 15.9 Å². The van der Waals surface area contributed by atoms with Gasteiger partial charge in [-0.15, -0.1) is 0 Å². The third-order valence-corrected chi connectivity index (χ3v) is 7.80. The summed E-state index contributed by atoms with van der Waals surface area (Å²) in [5.41, 5.74) is 0.939. The van der Waals surface area contributed by atoms with Crippen LogP contribution in [0.15, 0.2) is 53.4 Å². The van der Waals surface area contributed by atoms with Crippen molar-refractivity contribution in [3.05, 3.63) is 65.2 Å². The molecule has 0 saturated carbocycles. The molecule has 1 amide bonds. The highest BCUT2D eigenvalue weighted by atomic mass is 32.2. The van der Waals surface area contributed by atoms with Crippen molar-refractivity contribution in [1.82, 2.24) is 9.62 Å². The quantitative estimate of drug-likeness (QED) is 0.669. The van der Waals surface area contributed by atoms with Crippen LogP contribution in [0.5, 0.6) is 0 Å². The summed E-state index contributed by atoms with van der Waals surface area (Å²) in [7, 11) is -4.32. The van der Waals surface area contributed by atoms with Crippen LogP contribution in [0.2, 0.25) is 0 Å². The van der Waals surface area contributed by atoms with Crippen molar-refractivity contribution >= 4 is 15.9 Å². The van der Waals surface area contributed by atoms with Gasteiger partial charge in [0.15, 0.2) is 0 Å². The number of alkyl halides is 3. The third-order valence-electron chi connectivity index (χ3n) is 5.84. The molecule has 1 fully saturated rings. The number of aryl methyl sites for hydroxylation is 1. The molecule has 5 nitrogen and oxygen atoms in total. The van der Waals surface area contributed by atoms with Crippen LogP contribution in [0, 0.1) is 12.8 Å². The number of amides is 1. The zero-order valence-corrected chi connectivity index (χ0v) is 18.8. The summed E-state index contributed by atoms with van der Waals surface area (Å²) in [5, 5.41) is 3.03. The second-order valence-electron chi connectivity index (χ2n) is 8.05. The summed E-state index contributed by atoms with van der Waals surface area (Å²) in [6.45, 7) is 3.94. The van der Waals surface area contributed by atoms with Crippen LogP contribution in [-0.4, -0.2) is 31.7 Å². The fourth-order valence-electron chi connectivity index (χ4n) is 3.93. The van der Waals surface area contributed by atoms with Crippen LogP contribution in [0.1, 0.15) is 48.9 Å².